The molecule has 0 fully saturated rings. The Hall–Kier alpha value is -1.63. The molecule has 1 heterocycles. The zero-order chi connectivity index (χ0) is 15.3. The first-order chi connectivity index (χ1) is 9.32. The number of methoxy groups -OCH3 is 1. The molecular formula is C13H24N4O3. The van der Waals surface area contributed by atoms with Gasteiger partial charge in [-0.3, -0.25) is 10.1 Å². The largest absolute Gasteiger partial charge is 0.385 e. The minimum absolute atomic E-state index is 0.0133. The molecule has 1 aromatic heterocycles. The van der Waals surface area contributed by atoms with E-state index in [1.54, 1.807) is 18.7 Å². The van der Waals surface area contributed by atoms with Crippen LogP contribution < -0.4 is 5.32 Å². The molecule has 0 aliphatic carbocycles. The molecule has 0 saturated heterocycles. The van der Waals surface area contributed by atoms with E-state index in [1.807, 2.05) is 6.92 Å². The number of ether oxygens (including phenoxy) is 1. The van der Waals surface area contributed by atoms with Crippen molar-refractivity contribution < 1.29 is 9.66 Å². The van der Waals surface area contributed by atoms with E-state index in [4.69, 9.17) is 4.74 Å². The van der Waals surface area contributed by atoms with Gasteiger partial charge >= 0.3 is 5.69 Å². The lowest BCUT2D eigenvalue weighted by molar-refractivity contribution is -0.384. The minimum Gasteiger partial charge on any atom is -0.385 e. The second kappa shape index (κ2) is 6.69. The monoisotopic (exact) mass is 284 g/mol. The maximum atomic E-state index is 11.2. The summed E-state index contributed by atoms with van der Waals surface area (Å²) in [5.41, 5.74) is 0.490. The number of nitrogens with one attached hydrogen (secondary N) is 1. The predicted octanol–water partition coefficient (Wildman–Crippen LogP) is 2.59. The number of rotatable bonds is 8. The van der Waals surface area contributed by atoms with Gasteiger partial charge in [0.15, 0.2) is 0 Å². The number of hydrogen-bond acceptors (Lipinski definition) is 5. The molecule has 1 aromatic rings. The molecule has 1 rings (SSSR count). The van der Waals surface area contributed by atoms with E-state index < -0.39 is 0 Å². The Morgan fingerprint density at radius 1 is 1.50 bits per heavy atom. The minimum atomic E-state index is -0.376. The maximum Gasteiger partial charge on any atom is 0.333 e. The summed E-state index contributed by atoms with van der Waals surface area (Å²) in [4.78, 5) is 10.8. The highest BCUT2D eigenvalue weighted by Crippen LogP contribution is 2.30. The maximum absolute atomic E-state index is 11.2. The normalized spacial score (nSPS) is 11.7. The van der Waals surface area contributed by atoms with Crippen LogP contribution in [0.2, 0.25) is 0 Å². The molecule has 114 valence electrons. The van der Waals surface area contributed by atoms with E-state index in [-0.39, 0.29) is 16.0 Å². The van der Waals surface area contributed by atoms with Gasteiger partial charge in [-0.1, -0.05) is 13.8 Å². The van der Waals surface area contributed by atoms with Crippen LogP contribution in [0.1, 0.15) is 32.9 Å². The Balaban J connectivity index is 2.88. The van der Waals surface area contributed by atoms with Crippen LogP contribution in [0.25, 0.3) is 0 Å². The van der Waals surface area contributed by atoms with Crippen LogP contribution in [0.3, 0.4) is 0 Å². The molecule has 7 nitrogen and oxygen atoms in total. The quantitative estimate of drug-likeness (QED) is 0.586. The summed E-state index contributed by atoms with van der Waals surface area (Å²) < 4.78 is 6.73. The first-order valence-corrected chi connectivity index (χ1v) is 6.77. The standard InChI is InChI=1S/C13H24N4O3/c1-6-16-12(11(17(18)19)10(2)15-16)14-9-13(3,4)7-8-20-5/h14H,6-9H2,1-5H3. The summed E-state index contributed by atoms with van der Waals surface area (Å²) in [5.74, 6) is 0.487. The summed E-state index contributed by atoms with van der Waals surface area (Å²) in [7, 11) is 1.67. The fraction of sp³-hybridized carbons (Fsp3) is 0.769. The van der Waals surface area contributed by atoms with Crippen molar-refractivity contribution in [2.45, 2.75) is 40.7 Å². The lowest BCUT2D eigenvalue weighted by Gasteiger charge is -2.25. The van der Waals surface area contributed by atoms with Crippen molar-refractivity contribution in [2.75, 3.05) is 25.6 Å². The Labute approximate surface area is 119 Å². The van der Waals surface area contributed by atoms with Crippen molar-refractivity contribution in [2.24, 2.45) is 5.41 Å². The van der Waals surface area contributed by atoms with Gasteiger partial charge < -0.3 is 10.1 Å². The second-order valence-corrected chi connectivity index (χ2v) is 5.62. The zero-order valence-corrected chi connectivity index (χ0v) is 12.9. The number of aromatic nitrogens is 2. The van der Waals surface area contributed by atoms with Crippen molar-refractivity contribution in [1.82, 2.24) is 9.78 Å². The van der Waals surface area contributed by atoms with Gasteiger partial charge in [-0.05, 0) is 25.7 Å². The molecule has 1 N–H and O–H groups in total. The number of nitro groups is 1. The topological polar surface area (TPSA) is 82.2 Å². The molecular weight excluding hydrogens is 260 g/mol. The van der Waals surface area contributed by atoms with Gasteiger partial charge in [-0.15, -0.1) is 0 Å². The zero-order valence-electron chi connectivity index (χ0n) is 12.9. The van der Waals surface area contributed by atoms with Crippen LogP contribution in [0, 0.1) is 22.5 Å². The van der Waals surface area contributed by atoms with Crippen molar-refractivity contribution >= 4 is 11.5 Å². The molecule has 0 bridgehead atoms. The molecule has 0 radical (unpaired) electrons. The van der Waals surface area contributed by atoms with Gasteiger partial charge in [0, 0.05) is 26.8 Å². The third kappa shape index (κ3) is 3.93. The average Bonchev–Trinajstić information content (AvgIpc) is 2.70. The molecule has 0 atom stereocenters. The fourth-order valence-electron chi connectivity index (χ4n) is 1.98. The van der Waals surface area contributed by atoms with Crippen LogP contribution in [0.5, 0.6) is 0 Å². The summed E-state index contributed by atoms with van der Waals surface area (Å²) in [6.45, 7) is 9.67. The number of nitrogens with zero attached hydrogens (tertiary/aromatic N) is 3. The number of aryl methyl sites for hydroxylation is 2. The third-order valence-electron chi connectivity index (χ3n) is 3.30. The Bertz CT molecular complexity index is 468. The Morgan fingerprint density at radius 3 is 2.65 bits per heavy atom. The summed E-state index contributed by atoms with van der Waals surface area (Å²) >= 11 is 0. The first-order valence-electron chi connectivity index (χ1n) is 6.77. The number of hydrogen-bond donors (Lipinski definition) is 1. The average molecular weight is 284 g/mol. The van der Waals surface area contributed by atoms with Crippen molar-refractivity contribution in [3.63, 3.8) is 0 Å². The molecule has 0 spiro atoms. The lowest BCUT2D eigenvalue weighted by Crippen LogP contribution is -2.26. The van der Waals surface area contributed by atoms with Crippen LogP contribution in [0.15, 0.2) is 0 Å². The van der Waals surface area contributed by atoms with Crippen LogP contribution >= 0.6 is 0 Å². The van der Waals surface area contributed by atoms with E-state index >= 15 is 0 Å². The predicted molar refractivity (Wildman–Crippen MR) is 78.1 cm³/mol. The second-order valence-electron chi connectivity index (χ2n) is 5.62. The smallest absolute Gasteiger partial charge is 0.333 e. The van der Waals surface area contributed by atoms with E-state index in [0.29, 0.717) is 31.2 Å². The lowest BCUT2D eigenvalue weighted by atomic mass is 9.90. The Kier molecular flexibility index (Phi) is 5.50. The van der Waals surface area contributed by atoms with E-state index in [0.717, 1.165) is 6.42 Å². The van der Waals surface area contributed by atoms with Crippen LogP contribution in [-0.2, 0) is 11.3 Å². The SMILES string of the molecule is CCn1nc(C)c([N+](=O)[O-])c1NCC(C)(C)CCOC. The fourth-order valence-corrected chi connectivity index (χ4v) is 1.98. The van der Waals surface area contributed by atoms with E-state index in [2.05, 4.69) is 24.3 Å². The first kappa shape index (κ1) is 16.4. The summed E-state index contributed by atoms with van der Waals surface area (Å²) in [6, 6.07) is 0. The van der Waals surface area contributed by atoms with Crippen LogP contribution in [-0.4, -0.2) is 35.0 Å². The van der Waals surface area contributed by atoms with Gasteiger partial charge in [0.1, 0.15) is 5.69 Å². The van der Waals surface area contributed by atoms with Gasteiger partial charge in [0.2, 0.25) is 5.82 Å². The molecule has 0 aliphatic heterocycles. The van der Waals surface area contributed by atoms with Gasteiger partial charge in [0.25, 0.3) is 0 Å². The summed E-state index contributed by atoms with van der Waals surface area (Å²) in [5, 5.41) is 18.5. The van der Waals surface area contributed by atoms with Gasteiger partial charge in [-0.25, -0.2) is 4.68 Å². The molecule has 7 heteroatoms. The van der Waals surface area contributed by atoms with Crippen molar-refractivity contribution in [1.29, 1.82) is 0 Å². The highest BCUT2D eigenvalue weighted by Gasteiger charge is 2.26. The number of anilines is 1. The summed E-state index contributed by atoms with van der Waals surface area (Å²) in [6.07, 6.45) is 0.879. The van der Waals surface area contributed by atoms with E-state index in [1.165, 1.54) is 0 Å². The van der Waals surface area contributed by atoms with Gasteiger partial charge in [-0.2, -0.15) is 5.10 Å². The Morgan fingerprint density at radius 2 is 2.15 bits per heavy atom. The molecule has 0 aliphatic rings. The molecule has 0 amide bonds. The highest BCUT2D eigenvalue weighted by molar-refractivity contribution is 5.59. The van der Waals surface area contributed by atoms with Crippen molar-refractivity contribution in [3.8, 4) is 0 Å². The highest BCUT2D eigenvalue weighted by atomic mass is 16.6. The molecule has 0 saturated carbocycles. The molecule has 0 aromatic carbocycles. The van der Waals surface area contributed by atoms with Crippen molar-refractivity contribution in [3.05, 3.63) is 15.8 Å². The molecule has 20 heavy (non-hydrogen) atoms. The third-order valence-corrected chi connectivity index (χ3v) is 3.30. The molecule has 0 unspecified atom stereocenters. The van der Waals surface area contributed by atoms with E-state index in [9.17, 15) is 10.1 Å². The van der Waals surface area contributed by atoms with Crippen LogP contribution in [0.4, 0.5) is 11.5 Å². The van der Waals surface area contributed by atoms with Gasteiger partial charge in [0.05, 0.1) is 4.92 Å².